The Hall–Kier alpha value is -3.32. The van der Waals surface area contributed by atoms with Gasteiger partial charge in [-0.15, -0.1) is 0 Å². The van der Waals surface area contributed by atoms with Crippen LogP contribution < -0.4 is 10.2 Å². The zero-order valence-electron chi connectivity index (χ0n) is 17.7. The molecule has 1 amide bonds. The summed E-state index contributed by atoms with van der Waals surface area (Å²) in [7, 11) is 0. The molecule has 0 saturated heterocycles. The second-order valence-electron chi connectivity index (χ2n) is 7.94. The maximum Gasteiger partial charge on any atom is 0.266 e. The molecule has 0 fully saturated rings. The summed E-state index contributed by atoms with van der Waals surface area (Å²) in [5.41, 5.74) is 6.16. The first-order valence-electron chi connectivity index (χ1n) is 9.87. The molecule has 0 aliphatic carbocycles. The minimum absolute atomic E-state index is 0.0526. The van der Waals surface area contributed by atoms with Crippen molar-refractivity contribution in [2.75, 3.05) is 16.8 Å². The lowest BCUT2D eigenvalue weighted by Crippen LogP contribution is -2.44. The molecule has 1 heterocycles. The fourth-order valence-electron chi connectivity index (χ4n) is 4.00. The van der Waals surface area contributed by atoms with Crippen LogP contribution in [0, 0.1) is 18.3 Å². The summed E-state index contributed by atoms with van der Waals surface area (Å²) in [5, 5.41) is 12.3. The molecular formula is C25H27N3O. The van der Waals surface area contributed by atoms with E-state index in [0.29, 0.717) is 5.69 Å². The molecule has 0 bridgehead atoms. The van der Waals surface area contributed by atoms with E-state index in [1.807, 2.05) is 31.2 Å². The molecule has 0 aromatic heterocycles. The summed E-state index contributed by atoms with van der Waals surface area (Å²) in [5.74, 6) is -0.403. The van der Waals surface area contributed by atoms with Crippen molar-refractivity contribution < 1.29 is 4.79 Å². The van der Waals surface area contributed by atoms with Gasteiger partial charge in [0.25, 0.3) is 5.91 Å². The van der Waals surface area contributed by atoms with Crippen molar-refractivity contribution in [3.8, 4) is 6.07 Å². The topological polar surface area (TPSA) is 56.1 Å². The number of aryl methyl sites for hydroxylation is 1. The summed E-state index contributed by atoms with van der Waals surface area (Å²) in [6.07, 6.45) is 3.95. The molecule has 1 aliphatic heterocycles. The molecule has 1 aliphatic rings. The first-order valence-corrected chi connectivity index (χ1v) is 9.87. The van der Waals surface area contributed by atoms with Crippen LogP contribution in [0.25, 0.3) is 11.6 Å². The van der Waals surface area contributed by atoms with E-state index in [0.717, 1.165) is 23.2 Å². The standard InChI is InChI=1S/C25H27N3O/c1-6-28-23-12-17(2)19(14-22(23)18(3)15-25(28,4)5)13-20(16-26)24(29)27-21-10-8-7-9-11-21/h7-15H,6H2,1-5H3,(H,27,29)/b20-13+. The molecule has 148 valence electrons. The maximum atomic E-state index is 12.6. The smallest absolute Gasteiger partial charge is 0.266 e. The van der Waals surface area contributed by atoms with Crippen LogP contribution in [0.2, 0.25) is 0 Å². The van der Waals surface area contributed by atoms with E-state index in [1.165, 1.54) is 11.3 Å². The van der Waals surface area contributed by atoms with Gasteiger partial charge in [0.1, 0.15) is 11.6 Å². The number of hydrogen-bond donors (Lipinski definition) is 1. The van der Waals surface area contributed by atoms with Gasteiger partial charge < -0.3 is 10.2 Å². The Morgan fingerprint density at radius 2 is 1.90 bits per heavy atom. The minimum atomic E-state index is -0.403. The predicted octanol–water partition coefficient (Wildman–Crippen LogP) is 5.56. The number of allylic oxidation sites excluding steroid dienone is 1. The number of hydrogen-bond acceptors (Lipinski definition) is 3. The summed E-state index contributed by atoms with van der Waals surface area (Å²) in [4.78, 5) is 15.0. The number of nitrogens with one attached hydrogen (secondary N) is 1. The molecular weight excluding hydrogens is 358 g/mol. The lowest BCUT2D eigenvalue weighted by atomic mass is 9.86. The molecule has 0 radical (unpaired) electrons. The van der Waals surface area contributed by atoms with Gasteiger partial charge >= 0.3 is 0 Å². The van der Waals surface area contributed by atoms with Crippen LogP contribution in [0.15, 0.2) is 54.1 Å². The van der Waals surface area contributed by atoms with Gasteiger partial charge in [-0.1, -0.05) is 24.3 Å². The number of carbonyl (C=O) groups is 1. The molecule has 1 N–H and O–H groups in total. The van der Waals surface area contributed by atoms with Crippen LogP contribution in [-0.4, -0.2) is 18.0 Å². The number of amides is 1. The lowest BCUT2D eigenvalue weighted by molar-refractivity contribution is -0.112. The van der Waals surface area contributed by atoms with Crippen molar-refractivity contribution in [3.05, 3.63) is 70.8 Å². The number of fused-ring (bicyclic) bond motifs is 1. The van der Waals surface area contributed by atoms with Gasteiger partial charge in [-0.2, -0.15) is 5.26 Å². The number of likely N-dealkylation sites (N-methyl/N-ethyl adjacent to an activating group) is 1. The monoisotopic (exact) mass is 385 g/mol. The number of nitrogens with zero attached hydrogens (tertiary/aromatic N) is 2. The van der Waals surface area contributed by atoms with Crippen LogP contribution in [0.5, 0.6) is 0 Å². The molecule has 29 heavy (non-hydrogen) atoms. The summed E-state index contributed by atoms with van der Waals surface area (Å²) in [6, 6.07) is 15.5. The SMILES string of the molecule is CCN1c2cc(C)c(/C=C(\C#N)C(=O)Nc3ccccc3)cc2C(C)=CC1(C)C. The van der Waals surface area contributed by atoms with Crippen LogP contribution in [0.1, 0.15) is 44.4 Å². The molecule has 2 aromatic carbocycles. The van der Waals surface area contributed by atoms with Gasteiger partial charge in [0, 0.05) is 23.5 Å². The molecule has 0 spiro atoms. The molecule has 0 atom stereocenters. The van der Waals surface area contributed by atoms with Crippen molar-refractivity contribution in [2.24, 2.45) is 0 Å². The molecule has 4 nitrogen and oxygen atoms in total. The van der Waals surface area contributed by atoms with E-state index in [1.54, 1.807) is 18.2 Å². The van der Waals surface area contributed by atoms with E-state index in [4.69, 9.17) is 0 Å². The molecule has 0 saturated carbocycles. The van der Waals surface area contributed by atoms with E-state index >= 15 is 0 Å². The van der Waals surface area contributed by atoms with Crippen molar-refractivity contribution in [1.82, 2.24) is 0 Å². The Bertz CT molecular complexity index is 1040. The fraction of sp³-hybridized carbons (Fsp3) is 0.280. The largest absolute Gasteiger partial charge is 0.363 e. The Balaban J connectivity index is 2.00. The highest BCUT2D eigenvalue weighted by molar-refractivity contribution is 6.09. The third kappa shape index (κ3) is 4.09. The van der Waals surface area contributed by atoms with Crippen LogP contribution >= 0.6 is 0 Å². The highest BCUT2D eigenvalue weighted by Gasteiger charge is 2.30. The maximum absolute atomic E-state index is 12.6. The van der Waals surface area contributed by atoms with E-state index in [-0.39, 0.29) is 11.1 Å². The van der Waals surface area contributed by atoms with Crippen molar-refractivity contribution in [1.29, 1.82) is 5.26 Å². The summed E-state index contributed by atoms with van der Waals surface area (Å²) in [6.45, 7) is 11.6. The van der Waals surface area contributed by atoms with Gasteiger partial charge in [-0.25, -0.2) is 0 Å². The Morgan fingerprint density at radius 3 is 2.52 bits per heavy atom. The highest BCUT2D eigenvalue weighted by Crippen LogP contribution is 2.40. The zero-order valence-corrected chi connectivity index (χ0v) is 17.7. The second kappa shape index (κ2) is 7.97. The molecule has 4 heteroatoms. The normalized spacial score (nSPS) is 15.2. The van der Waals surface area contributed by atoms with Crippen LogP contribution in [0.4, 0.5) is 11.4 Å². The van der Waals surface area contributed by atoms with E-state index in [9.17, 15) is 10.1 Å². The van der Waals surface area contributed by atoms with Gasteiger partial charge in [-0.05, 0) is 81.7 Å². The Morgan fingerprint density at radius 1 is 1.21 bits per heavy atom. The highest BCUT2D eigenvalue weighted by atomic mass is 16.1. The van der Waals surface area contributed by atoms with Gasteiger partial charge in [0.15, 0.2) is 0 Å². The lowest BCUT2D eigenvalue weighted by Gasteiger charge is -2.43. The second-order valence-corrected chi connectivity index (χ2v) is 7.94. The van der Waals surface area contributed by atoms with Gasteiger partial charge in [0.2, 0.25) is 0 Å². The summed E-state index contributed by atoms with van der Waals surface area (Å²) >= 11 is 0. The summed E-state index contributed by atoms with van der Waals surface area (Å²) < 4.78 is 0. The average Bonchev–Trinajstić information content (AvgIpc) is 2.67. The number of carbonyl (C=O) groups excluding carboxylic acids is 1. The average molecular weight is 386 g/mol. The van der Waals surface area contributed by atoms with Crippen LogP contribution in [-0.2, 0) is 4.79 Å². The van der Waals surface area contributed by atoms with E-state index < -0.39 is 5.91 Å². The third-order valence-corrected chi connectivity index (χ3v) is 5.38. The first kappa shape index (κ1) is 20.4. The first-order chi connectivity index (χ1) is 13.8. The number of para-hydroxylation sites is 1. The van der Waals surface area contributed by atoms with E-state index in [2.05, 4.69) is 56.1 Å². The van der Waals surface area contributed by atoms with Crippen molar-refractivity contribution in [3.63, 3.8) is 0 Å². The zero-order chi connectivity index (χ0) is 21.2. The number of benzene rings is 2. The van der Waals surface area contributed by atoms with Gasteiger partial charge in [0.05, 0.1) is 5.54 Å². The van der Waals surface area contributed by atoms with Crippen molar-refractivity contribution in [2.45, 2.75) is 40.2 Å². The number of nitriles is 1. The quantitative estimate of drug-likeness (QED) is 0.553. The Labute approximate surface area is 173 Å². The van der Waals surface area contributed by atoms with Crippen molar-refractivity contribution >= 4 is 28.9 Å². The third-order valence-electron chi connectivity index (χ3n) is 5.38. The number of rotatable bonds is 4. The predicted molar refractivity (Wildman–Crippen MR) is 121 cm³/mol. The fourth-order valence-corrected chi connectivity index (χ4v) is 4.00. The van der Waals surface area contributed by atoms with Crippen LogP contribution in [0.3, 0.4) is 0 Å². The minimum Gasteiger partial charge on any atom is -0.363 e. The van der Waals surface area contributed by atoms with Gasteiger partial charge in [-0.3, -0.25) is 4.79 Å². The number of anilines is 2. The molecule has 0 unspecified atom stereocenters. The molecule has 2 aromatic rings. The Kier molecular flexibility index (Phi) is 5.61. The molecule has 3 rings (SSSR count).